The van der Waals surface area contributed by atoms with Gasteiger partial charge in [-0.1, -0.05) is 24.3 Å². The van der Waals surface area contributed by atoms with Gasteiger partial charge in [0.25, 0.3) is 0 Å². The standard InChI is InChI=1S/C12H16N2S/c1-14(2)9-12-5-3-11(4-6-12)7-8-13-10-15/h3-6H,7-9H2,1-2H3/p+1. The second-order valence-electron chi connectivity index (χ2n) is 3.92. The van der Waals surface area contributed by atoms with E-state index in [1.807, 2.05) is 0 Å². The zero-order valence-corrected chi connectivity index (χ0v) is 10.1. The summed E-state index contributed by atoms with van der Waals surface area (Å²) in [5.74, 6) is 0. The highest BCUT2D eigenvalue weighted by Crippen LogP contribution is 2.04. The van der Waals surface area contributed by atoms with Crippen LogP contribution in [-0.4, -0.2) is 25.8 Å². The van der Waals surface area contributed by atoms with Gasteiger partial charge in [-0.2, -0.15) is 0 Å². The predicted molar refractivity (Wildman–Crippen MR) is 66.6 cm³/mol. The van der Waals surface area contributed by atoms with E-state index in [0.717, 1.165) is 19.5 Å². The normalized spacial score (nSPS) is 10.1. The van der Waals surface area contributed by atoms with Gasteiger partial charge in [-0.05, 0) is 24.2 Å². The molecule has 2 nitrogen and oxygen atoms in total. The van der Waals surface area contributed by atoms with Crippen molar-refractivity contribution >= 4 is 17.4 Å². The van der Waals surface area contributed by atoms with Crippen LogP contribution >= 0.6 is 12.2 Å². The Morgan fingerprint density at radius 3 is 2.33 bits per heavy atom. The van der Waals surface area contributed by atoms with Gasteiger partial charge in [0, 0.05) is 5.56 Å². The van der Waals surface area contributed by atoms with E-state index in [2.05, 4.69) is 60.7 Å². The number of nitrogens with one attached hydrogen (secondary N) is 1. The number of rotatable bonds is 5. The summed E-state index contributed by atoms with van der Waals surface area (Å²) in [4.78, 5) is 5.34. The van der Waals surface area contributed by atoms with Crippen molar-refractivity contribution in [2.24, 2.45) is 4.99 Å². The van der Waals surface area contributed by atoms with Crippen LogP contribution in [0, 0.1) is 0 Å². The summed E-state index contributed by atoms with van der Waals surface area (Å²) in [6.07, 6.45) is 0.943. The Bertz CT molecular complexity index is 337. The van der Waals surface area contributed by atoms with Crippen molar-refractivity contribution in [3.8, 4) is 0 Å². The topological polar surface area (TPSA) is 16.8 Å². The molecule has 0 radical (unpaired) electrons. The van der Waals surface area contributed by atoms with Crippen LogP contribution in [0.5, 0.6) is 0 Å². The molecule has 15 heavy (non-hydrogen) atoms. The molecule has 1 N–H and O–H groups in total. The smallest absolute Gasteiger partial charge is 0.102 e. The average Bonchev–Trinajstić information content (AvgIpc) is 2.20. The molecule has 0 amide bonds. The molecule has 0 atom stereocenters. The van der Waals surface area contributed by atoms with Gasteiger partial charge in [-0.25, -0.2) is 4.99 Å². The highest BCUT2D eigenvalue weighted by molar-refractivity contribution is 7.78. The lowest BCUT2D eigenvalue weighted by Crippen LogP contribution is -3.04. The first-order valence-corrected chi connectivity index (χ1v) is 5.53. The third kappa shape index (κ3) is 4.84. The number of hydrogen-bond acceptors (Lipinski definition) is 2. The number of quaternary nitrogens is 1. The summed E-state index contributed by atoms with van der Waals surface area (Å²) in [6.45, 7) is 1.81. The van der Waals surface area contributed by atoms with Crippen LogP contribution in [0.4, 0.5) is 0 Å². The van der Waals surface area contributed by atoms with E-state index in [4.69, 9.17) is 0 Å². The van der Waals surface area contributed by atoms with Crippen LogP contribution in [-0.2, 0) is 13.0 Å². The second-order valence-corrected chi connectivity index (χ2v) is 4.11. The maximum atomic E-state index is 4.52. The van der Waals surface area contributed by atoms with E-state index in [1.165, 1.54) is 16.0 Å². The van der Waals surface area contributed by atoms with E-state index in [9.17, 15) is 0 Å². The lowest BCUT2D eigenvalue weighted by molar-refractivity contribution is -0.872. The minimum Gasteiger partial charge on any atom is -0.336 e. The Kier molecular flexibility index (Phi) is 5.19. The molecule has 1 rings (SSSR count). The lowest BCUT2D eigenvalue weighted by Gasteiger charge is -2.07. The summed E-state index contributed by atoms with van der Waals surface area (Å²) in [5.41, 5.74) is 2.68. The lowest BCUT2D eigenvalue weighted by atomic mass is 10.1. The maximum Gasteiger partial charge on any atom is 0.102 e. The first kappa shape index (κ1) is 12.1. The van der Waals surface area contributed by atoms with Crippen LogP contribution in [0.3, 0.4) is 0 Å². The molecule has 0 bridgehead atoms. The first-order valence-electron chi connectivity index (χ1n) is 5.13. The van der Waals surface area contributed by atoms with Gasteiger partial charge in [-0.15, -0.1) is 0 Å². The fraction of sp³-hybridized carbons (Fsp3) is 0.417. The van der Waals surface area contributed by atoms with Gasteiger partial charge >= 0.3 is 0 Å². The molecule has 0 aliphatic heterocycles. The van der Waals surface area contributed by atoms with Gasteiger partial charge in [0.2, 0.25) is 0 Å². The Morgan fingerprint density at radius 1 is 1.20 bits per heavy atom. The van der Waals surface area contributed by atoms with E-state index < -0.39 is 0 Å². The van der Waals surface area contributed by atoms with Gasteiger partial charge in [-0.3, -0.25) is 0 Å². The highest BCUT2D eigenvalue weighted by atomic mass is 32.1. The Labute approximate surface area is 96.6 Å². The SMILES string of the molecule is C[NH+](C)Cc1ccc(CCN=C=S)cc1. The molecule has 1 aromatic carbocycles. The van der Waals surface area contributed by atoms with Gasteiger partial charge in [0.1, 0.15) is 6.54 Å². The van der Waals surface area contributed by atoms with Crippen molar-refractivity contribution in [1.29, 1.82) is 0 Å². The van der Waals surface area contributed by atoms with Gasteiger partial charge in [0.05, 0.1) is 25.8 Å². The largest absolute Gasteiger partial charge is 0.336 e. The molecule has 0 fully saturated rings. The number of hydrogen-bond donors (Lipinski definition) is 1. The second kappa shape index (κ2) is 6.46. The molecule has 0 saturated heterocycles. The van der Waals surface area contributed by atoms with Crippen LogP contribution in [0.2, 0.25) is 0 Å². The third-order valence-corrected chi connectivity index (χ3v) is 2.29. The molecule has 1 aromatic rings. The van der Waals surface area contributed by atoms with Crippen molar-refractivity contribution < 1.29 is 4.90 Å². The van der Waals surface area contributed by atoms with Crippen molar-refractivity contribution in [2.75, 3.05) is 20.6 Å². The van der Waals surface area contributed by atoms with E-state index in [0.29, 0.717) is 0 Å². The minimum atomic E-state index is 0.738. The number of thiocarbonyl (C=S) groups is 1. The molecular formula is C12H17N2S+. The monoisotopic (exact) mass is 221 g/mol. The zero-order chi connectivity index (χ0) is 11.1. The Morgan fingerprint density at radius 2 is 1.80 bits per heavy atom. The Hall–Kier alpha value is -1.02. The molecular weight excluding hydrogens is 204 g/mol. The fourth-order valence-electron chi connectivity index (χ4n) is 1.46. The molecule has 0 spiro atoms. The predicted octanol–water partition coefficient (Wildman–Crippen LogP) is 0.976. The molecule has 0 aliphatic carbocycles. The molecule has 0 heterocycles. The summed E-state index contributed by atoms with van der Waals surface area (Å²) in [6, 6.07) is 8.70. The third-order valence-electron chi connectivity index (χ3n) is 2.16. The molecule has 0 unspecified atom stereocenters. The molecule has 80 valence electrons. The molecule has 0 aromatic heterocycles. The molecule has 0 saturated carbocycles. The number of aliphatic imine (C=N–C) groups is 1. The summed E-state index contributed by atoms with van der Waals surface area (Å²) < 4.78 is 0. The van der Waals surface area contributed by atoms with Crippen molar-refractivity contribution in [2.45, 2.75) is 13.0 Å². The molecule has 0 aliphatic rings. The highest BCUT2D eigenvalue weighted by Gasteiger charge is 1.98. The average molecular weight is 221 g/mol. The van der Waals surface area contributed by atoms with E-state index in [-0.39, 0.29) is 0 Å². The van der Waals surface area contributed by atoms with Crippen molar-refractivity contribution in [3.05, 3.63) is 35.4 Å². The number of nitrogens with zero attached hydrogens (tertiary/aromatic N) is 1. The van der Waals surface area contributed by atoms with E-state index in [1.54, 1.807) is 0 Å². The van der Waals surface area contributed by atoms with Crippen LogP contribution in [0.1, 0.15) is 11.1 Å². The van der Waals surface area contributed by atoms with Crippen LogP contribution in [0.25, 0.3) is 0 Å². The molecule has 3 heteroatoms. The number of benzene rings is 1. The summed E-state index contributed by atoms with van der Waals surface area (Å²) in [7, 11) is 4.31. The quantitative estimate of drug-likeness (QED) is 0.579. The van der Waals surface area contributed by atoms with E-state index >= 15 is 0 Å². The van der Waals surface area contributed by atoms with Crippen LogP contribution < -0.4 is 4.90 Å². The van der Waals surface area contributed by atoms with Gasteiger partial charge < -0.3 is 4.90 Å². The minimum absolute atomic E-state index is 0.738. The maximum absolute atomic E-state index is 4.52. The Balaban J connectivity index is 2.52. The fourth-order valence-corrected chi connectivity index (χ4v) is 1.55. The van der Waals surface area contributed by atoms with Crippen molar-refractivity contribution in [1.82, 2.24) is 0 Å². The first-order chi connectivity index (χ1) is 7.22. The summed E-state index contributed by atoms with van der Waals surface area (Å²) >= 11 is 4.52. The number of isothiocyanates is 1. The van der Waals surface area contributed by atoms with Crippen LogP contribution in [0.15, 0.2) is 29.3 Å². The summed E-state index contributed by atoms with van der Waals surface area (Å²) in [5, 5.41) is 2.38. The van der Waals surface area contributed by atoms with Crippen molar-refractivity contribution in [3.63, 3.8) is 0 Å². The van der Waals surface area contributed by atoms with Gasteiger partial charge in [0.15, 0.2) is 0 Å². The zero-order valence-electron chi connectivity index (χ0n) is 9.29.